The highest BCUT2D eigenvalue weighted by atomic mass is 16.6. The van der Waals surface area contributed by atoms with E-state index in [2.05, 4.69) is 5.32 Å². The maximum atomic E-state index is 11.8. The Morgan fingerprint density at radius 1 is 1.58 bits per heavy atom. The maximum Gasteiger partial charge on any atom is 0.320 e. The summed E-state index contributed by atoms with van der Waals surface area (Å²) < 4.78 is 5.85. The number of fused-ring (bicyclic) bond motifs is 4. The molecule has 0 aliphatic carbocycles. The molecule has 0 aromatic heterocycles. The predicted octanol–water partition coefficient (Wildman–Crippen LogP) is 1.79. The van der Waals surface area contributed by atoms with Crippen LogP contribution in [0.25, 0.3) is 0 Å². The standard InChI is InChI=1S/C12H13N3O4/c1-12-6-9(13-11(16)14(12)2)8-5-7(15(17)18)3-4-10(8)19-12/h3-5,9H,6H2,1-2H3,(H,13,16). The fraction of sp³-hybridized carbons (Fsp3) is 0.417. The molecule has 0 radical (unpaired) electrons. The summed E-state index contributed by atoms with van der Waals surface area (Å²) in [7, 11) is 1.67. The van der Waals surface area contributed by atoms with Crippen molar-refractivity contribution >= 4 is 11.7 Å². The highest BCUT2D eigenvalue weighted by molar-refractivity contribution is 5.77. The molecule has 2 bridgehead atoms. The second kappa shape index (κ2) is 3.59. The molecule has 7 heteroatoms. The van der Waals surface area contributed by atoms with Crippen LogP contribution in [0.5, 0.6) is 5.75 Å². The minimum Gasteiger partial charge on any atom is -0.468 e. The Labute approximate surface area is 109 Å². The molecule has 2 unspecified atom stereocenters. The summed E-state index contributed by atoms with van der Waals surface area (Å²) in [4.78, 5) is 23.7. The molecule has 2 atom stereocenters. The van der Waals surface area contributed by atoms with Gasteiger partial charge in [0.1, 0.15) is 5.75 Å². The molecule has 0 saturated carbocycles. The summed E-state index contributed by atoms with van der Waals surface area (Å²) in [5.41, 5.74) is -0.0527. The van der Waals surface area contributed by atoms with E-state index in [-0.39, 0.29) is 17.8 Å². The highest BCUT2D eigenvalue weighted by Crippen LogP contribution is 2.44. The van der Waals surface area contributed by atoms with Crippen LogP contribution in [0.1, 0.15) is 24.9 Å². The Morgan fingerprint density at radius 2 is 2.32 bits per heavy atom. The van der Waals surface area contributed by atoms with Gasteiger partial charge in [-0.25, -0.2) is 4.79 Å². The molecule has 1 fully saturated rings. The van der Waals surface area contributed by atoms with Crippen molar-refractivity contribution in [3.63, 3.8) is 0 Å². The zero-order valence-corrected chi connectivity index (χ0v) is 10.5. The van der Waals surface area contributed by atoms with Gasteiger partial charge >= 0.3 is 6.03 Å². The number of rotatable bonds is 1. The Bertz CT molecular complexity index is 588. The molecule has 100 valence electrons. The van der Waals surface area contributed by atoms with Crippen LogP contribution in [-0.4, -0.2) is 28.6 Å². The average Bonchev–Trinajstić information content (AvgIpc) is 2.35. The Kier molecular flexibility index (Phi) is 2.23. The van der Waals surface area contributed by atoms with Gasteiger partial charge in [-0.1, -0.05) is 0 Å². The van der Waals surface area contributed by atoms with Gasteiger partial charge in [0.2, 0.25) is 0 Å². The number of urea groups is 1. The maximum absolute atomic E-state index is 11.8. The third-order valence-corrected chi connectivity index (χ3v) is 3.80. The van der Waals surface area contributed by atoms with E-state index < -0.39 is 10.6 Å². The van der Waals surface area contributed by atoms with Gasteiger partial charge in [-0.15, -0.1) is 0 Å². The fourth-order valence-corrected chi connectivity index (χ4v) is 2.58. The number of nitrogens with one attached hydrogen (secondary N) is 1. The normalized spacial score (nSPS) is 28.2. The Balaban J connectivity index is 2.09. The summed E-state index contributed by atoms with van der Waals surface area (Å²) in [5, 5.41) is 13.6. The van der Waals surface area contributed by atoms with Crippen LogP contribution in [0, 0.1) is 10.1 Å². The summed E-state index contributed by atoms with van der Waals surface area (Å²) in [5.74, 6) is 0.580. The van der Waals surface area contributed by atoms with Crippen molar-refractivity contribution in [3.8, 4) is 5.75 Å². The smallest absolute Gasteiger partial charge is 0.320 e. The first kappa shape index (κ1) is 11.8. The van der Waals surface area contributed by atoms with Crippen molar-refractivity contribution < 1.29 is 14.5 Å². The first-order chi connectivity index (χ1) is 8.90. The molecule has 2 aliphatic heterocycles. The molecule has 1 aromatic rings. The number of amides is 2. The van der Waals surface area contributed by atoms with E-state index in [1.165, 1.54) is 17.0 Å². The molecular formula is C12H13N3O4. The van der Waals surface area contributed by atoms with Gasteiger partial charge in [-0.05, 0) is 13.0 Å². The summed E-state index contributed by atoms with van der Waals surface area (Å²) in [6.45, 7) is 1.84. The number of nitro groups is 1. The second-order valence-electron chi connectivity index (χ2n) is 5.02. The van der Waals surface area contributed by atoms with Gasteiger partial charge in [0.25, 0.3) is 5.69 Å². The lowest BCUT2D eigenvalue weighted by Gasteiger charge is -2.49. The number of carbonyl (C=O) groups is 1. The molecule has 1 saturated heterocycles. The van der Waals surface area contributed by atoms with Crippen molar-refractivity contribution in [1.82, 2.24) is 10.2 Å². The van der Waals surface area contributed by atoms with Crippen LogP contribution < -0.4 is 10.1 Å². The van der Waals surface area contributed by atoms with Crippen LogP contribution in [0.15, 0.2) is 18.2 Å². The molecule has 1 N–H and O–H groups in total. The second-order valence-corrected chi connectivity index (χ2v) is 5.02. The number of hydrogen-bond donors (Lipinski definition) is 1. The van der Waals surface area contributed by atoms with E-state index in [4.69, 9.17) is 4.74 Å². The van der Waals surface area contributed by atoms with Crippen molar-refractivity contribution in [2.75, 3.05) is 7.05 Å². The topological polar surface area (TPSA) is 84.7 Å². The summed E-state index contributed by atoms with van der Waals surface area (Å²) in [6, 6.07) is 3.97. The molecule has 1 aromatic carbocycles. The molecule has 2 aliphatic rings. The number of carbonyl (C=O) groups excluding carboxylic acids is 1. The van der Waals surface area contributed by atoms with E-state index >= 15 is 0 Å². The van der Waals surface area contributed by atoms with E-state index in [9.17, 15) is 14.9 Å². The third kappa shape index (κ3) is 1.61. The Hall–Kier alpha value is -2.31. The molecule has 2 amide bonds. The first-order valence-corrected chi connectivity index (χ1v) is 5.92. The van der Waals surface area contributed by atoms with E-state index in [0.29, 0.717) is 17.7 Å². The van der Waals surface area contributed by atoms with Crippen LogP contribution in [0.2, 0.25) is 0 Å². The Morgan fingerprint density at radius 3 is 3.00 bits per heavy atom. The zero-order chi connectivity index (χ0) is 13.8. The van der Waals surface area contributed by atoms with Crippen LogP contribution in [0.3, 0.4) is 0 Å². The molecule has 19 heavy (non-hydrogen) atoms. The quantitative estimate of drug-likeness (QED) is 0.618. The van der Waals surface area contributed by atoms with Crippen molar-refractivity contribution in [1.29, 1.82) is 0 Å². The molecular weight excluding hydrogens is 250 g/mol. The summed E-state index contributed by atoms with van der Waals surface area (Å²) in [6.07, 6.45) is 0.559. The number of nitro benzene ring substituents is 1. The van der Waals surface area contributed by atoms with Crippen molar-refractivity contribution in [2.24, 2.45) is 0 Å². The van der Waals surface area contributed by atoms with Crippen molar-refractivity contribution in [3.05, 3.63) is 33.9 Å². The minimum absolute atomic E-state index is 0.000805. The number of non-ortho nitro benzene ring substituents is 1. The van der Waals surface area contributed by atoms with E-state index in [1.807, 2.05) is 6.92 Å². The molecule has 3 rings (SSSR count). The first-order valence-electron chi connectivity index (χ1n) is 5.92. The number of benzene rings is 1. The largest absolute Gasteiger partial charge is 0.468 e. The zero-order valence-electron chi connectivity index (χ0n) is 10.5. The van der Waals surface area contributed by atoms with Gasteiger partial charge in [0.15, 0.2) is 5.72 Å². The van der Waals surface area contributed by atoms with Crippen LogP contribution >= 0.6 is 0 Å². The molecule has 0 spiro atoms. The third-order valence-electron chi connectivity index (χ3n) is 3.80. The van der Waals surface area contributed by atoms with Gasteiger partial charge in [-0.3, -0.25) is 15.0 Å². The van der Waals surface area contributed by atoms with Crippen LogP contribution in [0.4, 0.5) is 10.5 Å². The number of ether oxygens (including phenoxy) is 1. The average molecular weight is 263 g/mol. The van der Waals surface area contributed by atoms with E-state index in [0.717, 1.165) is 0 Å². The molecule has 7 nitrogen and oxygen atoms in total. The lowest BCUT2D eigenvalue weighted by atomic mass is 9.90. The minimum atomic E-state index is -0.712. The summed E-state index contributed by atoms with van der Waals surface area (Å²) >= 11 is 0. The van der Waals surface area contributed by atoms with Gasteiger partial charge in [0.05, 0.1) is 11.0 Å². The van der Waals surface area contributed by atoms with Gasteiger partial charge < -0.3 is 10.1 Å². The lowest BCUT2D eigenvalue weighted by molar-refractivity contribution is -0.385. The van der Waals surface area contributed by atoms with E-state index in [1.54, 1.807) is 13.1 Å². The molecule has 2 heterocycles. The van der Waals surface area contributed by atoms with Gasteiger partial charge in [0, 0.05) is 31.2 Å². The van der Waals surface area contributed by atoms with Gasteiger partial charge in [-0.2, -0.15) is 0 Å². The number of nitrogens with zero attached hydrogens (tertiary/aromatic N) is 2. The highest BCUT2D eigenvalue weighted by Gasteiger charge is 2.47. The predicted molar refractivity (Wildman–Crippen MR) is 65.8 cm³/mol. The van der Waals surface area contributed by atoms with Crippen molar-refractivity contribution in [2.45, 2.75) is 25.1 Å². The SMILES string of the molecule is CN1C(=O)NC2CC1(C)Oc1ccc([N+](=O)[O-])cc12. The monoisotopic (exact) mass is 263 g/mol. The lowest BCUT2D eigenvalue weighted by Crippen LogP contribution is -2.63. The fourth-order valence-electron chi connectivity index (χ4n) is 2.58. The number of hydrogen-bond acceptors (Lipinski definition) is 4. The van der Waals surface area contributed by atoms with Crippen LogP contribution in [-0.2, 0) is 0 Å².